The molecule has 0 unspecified atom stereocenters. The van der Waals surface area contributed by atoms with E-state index in [2.05, 4.69) is 4.90 Å². The van der Waals surface area contributed by atoms with Crippen molar-refractivity contribution in [2.45, 2.75) is 43.4 Å². The van der Waals surface area contributed by atoms with E-state index in [0.717, 1.165) is 32.2 Å². The van der Waals surface area contributed by atoms with Crippen LogP contribution in [0.2, 0.25) is 0 Å². The van der Waals surface area contributed by atoms with Gasteiger partial charge in [-0.25, -0.2) is 8.42 Å². The zero-order valence-corrected chi connectivity index (χ0v) is 10.6. The van der Waals surface area contributed by atoms with E-state index < -0.39 is 9.05 Å². The van der Waals surface area contributed by atoms with Crippen LogP contribution >= 0.6 is 10.7 Å². The lowest BCUT2D eigenvalue weighted by Gasteiger charge is -2.45. The van der Waals surface area contributed by atoms with Crippen molar-refractivity contribution in [3.8, 4) is 0 Å². The molecular weight excluding hydrogens is 234 g/mol. The number of hydrogen-bond donors (Lipinski definition) is 0. The average Bonchev–Trinajstić information content (AvgIpc) is 2.16. The first-order valence-electron chi connectivity index (χ1n) is 5.64. The lowest BCUT2D eigenvalue weighted by molar-refractivity contribution is 0.0872. The van der Waals surface area contributed by atoms with E-state index in [1.165, 1.54) is 6.42 Å². The van der Waals surface area contributed by atoms with Crippen LogP contribution in [-0.2, 0) is 9.05 Å². The quantitative estimate of drug-likeness (QED) is 0.667. The highest BCUT2D eigenvalue weighted by molar-refractivity contribution is 8.14. The monoisotopic (exact) mass is 251 g/mol. The molecule has 3 nitrogen and oxygen atoms in total. The first-order valence-corrected chi connectivity index (χ1v) is 8.01. The maximum Gasteiger partial charge on any atom is 0.237 e. The molecule has 88 valence electrons. The number of hydrogen-bond acceptors (Lipinski definition) is 3. The molecule has 2 aliphatic rings. The van der Waals surface area contributed by atoms with Gasteiger partial charge in [0.05, 0.1) is 5.25 Å². The Balaban J connectivity index is 2.24. The Morgan fingerprint density at radius 2 is 1.87 bits per heavy atom. The lowest BCUT2D eigenvalue weighted by atomic mass is 9.78. The summed E-state index contributed by atoms with van der Waals surface area (Å²) in [6.07, 6.45) is 5.26. The lowest BCUT2D eigenvalue weighted by Crippen LogP contribution is -2.53. The Bertz CT molecular complexity index is 328. The molecule has 0 radical (unpaired) electrons. The molecule has 0 N–H and O–H groups in total. The van der Waals surface area contributed by atoms with Crippen molar-refractivity contribution in [2.75, 3.05) is 13.6 Å². The smallest absolute Gasteiger partial charge is 0.237 e. The van der Waals surface area contributed by atoms with Gasteiger partial charge in [-0.2, -0.15) is 0 Å². The summed E-state index contributed by atoms with van der Waals surface area (Å²) in [6, 6.07) is 0.162. The summed E-state index contributed by atoms with van der Waals surface area (Å²) in [5.41, 5.74) is 0. The highest BCUT2D eigenvalue weighted by Crippen LogP contribution is 2.38. The van der Waals surface area contributed by atoms with Gasteiger partial charge in [0.1, 0.15) is 0 Å². The second kappa shape index (κ2) is 4.22. The third kappa shape index (κ3) is 2.32. The molecule has 0 aromatic heterocycles. The van der Waals surface area contributed by atoms with Gasteiger partial charge in [0.15, 0.2) is 0 Å². The van der Waals surface area contributed by atoms with E-state index in [1.54, 1.807) is 0 Å². The van der Waals surface area contributed by atoms with Crippen LogP contribution in [0.1, 0.15) is 32.1 Å². The van der Waals surface area contributed by atoms with Crippen LogP contribution in [0.5, 0.6) is 0 Å². The molecule has 1 saturated heterocycles. The Morgan fingerprint density at radius 3 is 2.53 bits per heavy atom. The zero-order valence-electron chi connectivity index (χ0n) is 9.02. The molecule has 0 aromatic carbocycles. The second-order valence-electron chi connectivity index (χ2n) is 4.82. The van der Waals surface area contributed by atoms with Gasteiger partial charge in [-0.1, -0.05) is 6.42 Å². The molecule has 1 saturated carbocycles. The Kier molecular flexibility index (Phi) is 3.29. The van der Waals surface area contributed by atoms with Gasteiger partial charge in [0, 0.05) is 16.7 Å². The maximum atomic E-state index is 11.5. The van der Waals surface area contributed by atoms with Crippen LogP contribution < -0.4 is 0 Å². The SMILES string of the molecule is CN1CCC[C@@H]2CCC[C@@H](S(=O)(=O)Cl)[C@@H]21. The minimum Gasteiger partial charge on any atom is -0.302 e. The first kappa shape index (κ1) is 11.7. The maximum absolute atomic E-state index is 11.5. The number of likely N-dealkylation sites (tertiary alicyclic amines) is 1. The summed E-state index contributed by atoms with van der Waals surface area (Å²) in [7, 11) is 4.17. The molecule has 2 rings (SSSR count). The van der Waals surface area contributed by atoms with Crippen LogP contribution in [0.4, 0.5) is 0 Å². The minimum absolute atomic E-state index is 0.162. The number of piperidine rings is 1. The van der Waals surface area contributed by atoms with Crippen LogP contribution in [-0.4, -0.2) is 38.2 Å². The molecule has 3 atom stereocenters. The predicted octanol–water partition coefficient (Wildman–Crippen LogP) is 1.82. The number of halogens is 1. The molecule has 0 amide bonds. The van der Waals surface area contributed by atoms with Gasteiger partial charge in [-0.15, -0.1) is 0 Å². The summed E-state index contributed by atoms with van der Waals surface area (Å²) in [5.74, 6) is 0.538. The second-order valence-corrected chi connectivity index (χ2v) is 7.67. The van der Waals surface area contributed by atoms with Crippen LogP contribution in [0, 0.1) is 5.92 Å². The van der Waals surface area contributed by atoms with Crippen molar-refractivity contribution < 1.29 is 8.42 Å². The first-order chi connectivity index (χ1) is 7.00. The normalized spacial score (nSPS) is 38.7. The van der Waals surface area contributed by atoms with Crippen molar-refractivity contribution in [3.05, 3.63) is 0 Å². The average molecular weight is 252 g/mol. The molecule has 1 aliphatic carbocycles. The molecule has 1 heterocycles. The van der Waals surface area contributed by atoms with Crippen molar-refractivity contribution in [3.63, 3.8) is 0 Å². The zero-order chi connectivity index (χ0) is 11.1. The van der Waals surface area contributed by atoms with Crippen LogP contribution in [0.25, 0.3) is 0 Å². The van der Waals surface area contributed by atoms with E-state index in [4.69, 9.17) is 10.7 Å². The van der Waals surface area contributed by atoms with Gasteiger partial charge in [0.25, 0.3) is 0 Å². The van der Waals surface area contributed by atoms with E-state index >= 15 is 0 Å². The standard InChI is InChI=1S/C10H18ClNO2S/c1-12-7-3-5-8-4-2-6-9(10(8)12)15(11,13)14/h8-10H,2-7H2,1H3/t8-,9+,10+/m0/s1. The molecule has 15 heavy (non-hydrogen) atoms. The van der Waals surface area contributed by atoms with Gasteiger partial charge < -0.3 is 4.90 Å². The van der Waals surface area contributed by atoms with E-state index in [0.29, 0.717) is 5.92 Å². The van der Waals surface area contributed by atoms with Gasteiger partial charge in [-0.3, -0.25) is 0 Å². The molecule has 0 spiro atoms. The fourth-order valence-corrected chi connectivity index (χ4v) is 5.04. The highest BCUT2D eigenvalue weighted by atomic mass is 35.7. The van der Waals surface area contributed by atoms with Crippen molar-refractivity contribution in [1.82, 2.24) is 4.90 Å². The molecule has 1 aliphatic heterocycles. The summed E-state index contributed by atoms with van der Waals surface area (Å²) in [4.78, 5) is 2.19. The molecule has 0 bridgehead atoms. The van der Waals surface area contributed by atoms with Gasteiger partial charge in [0.2, 0.25) is 9.05 Å². The molecule has 2 fully saturated rings. The van der Waals surface area contributed by atoms with E-state index in [9.17, 15) is 8.42 Å². The fourth-order valence-electron chi connectivity index (χ4n) is 3.24. The topological polar surface area (TPSA) is 37.4 Å². The predicted molar refractivity (Wildman–Crippen MR) is 61.6 cm³/mol. The van der Waals surface area contributed by atoms with Crippen molar-refractivity contribution >= 4 is 19.7 Å². The number of fused-ring (bicyclic) bond motifs is 1. The van der Waals surface area contributed by atoms with E-state index in [1.807, 2.05) is 7.05 Å². The van der Waals surface area contributed by atoms with Crippen molar-refractivity contribution in [1.29, 1.82) is 0 Å². The molecule has 5 heteroatoms. The number of rotatable bonds is 1. The Morgan fingerprint density at radius 1 is 1.20 bits per heavy atom. The van der Waals surface area contributed by atoms with Gasteiger partial charge in [-0.05, 0) is 45.2 Å². The molecule has 0 aromatic rings. The largest absolute Gasteiger partial charge is 0.302 e. The Hall–Kier alpha value is 0.200. The molecular formula is C10H18ClNO2S. The minimum atomic E-state index is -3.40. The summed E-state index contributed by atoms with van der Waals surface area (Å²) in [5, 5.41) is -0.344. The summed E-state index contributed by atoms with van der Waals surface area (Å²) in [6.45, 7) is 1.00. The van der Waals surface area contributed by atoms with E-state index in [-0.39, 0.29) is 11.3 Å². The summed E-state index contributed by atoms with van der Waals surface area (Å²) < 4.78 is 23.1. The van der Waals surface area contributed by atoms with Gasteiger partial charge >= 0.3 is 0 Å². The Labute approximate surface area is 96.2 Å². The third-order valence-corrected chi connectivity index (χ3v) is 5.81. The summed E-state index contributed by atoms with van der Waals surface area (Å²) >= 11 is 0. The highest BCUT2D eigenvalue weighted by Gasteiger charge is 2.43. The van der Waals surface area contributed by atoms with Crippen molar-refractivity contribution in [2.24, 2.45) is 5.92 Å². The number of nitrogens with zero attached hydrogens (tertiary/aromatic N) is 1. The fraction of sp³-hybridized carbons (Fsp3) is 1.00. The van der Waals surface area contributed by atoms with Crippen LogP contribution in [0.15, 0.2) is 0 Å². The third-order valence-electron chi connectivity index (χ3n) is 3.88. The van der Waals surface area contributed by atoms with Crippen LogP contribution in [0.3, 0.4) is 0 Å².